The highest BCUT2D eigenvalue weighted by atomic mass is 16.4. The summed E-state index contributed by atoms with van der Waals surface area (Å²) in [4.78, 5) is 11.0. The Hall–Kier alpha value is -1.36. The number of rotatable bonds is 3. The van der Waals surface area contributed by atoms with Gasteiger partial charge in [0.25, 0.3) is 0 Å². The molecular weight excluding hydrogens is 218 g/mol. The second kappa shape index (κ2) is 4.14. The summed E-state index contributed by atoms with van der Waals surface area (Å²) in [5, 5.41) is 13.3. The summed E-state index contributed by atoms with van der Waals surface area (Å²) in [7, 11) is 0. The van der Waals surface area contributed by atoms with Gasteiger partial charge in [-0.15, -0.1) is 0 Å². The Morgan fingerprint density at radius 1 is 1.41 bits per heavy atom. The Kier molecular flexibility index (Phi) is 3.34. The Balaban J connectivity index is 3.09. The molecule has 17 heavy (non-hydrogen) atoms. The van der Waals surface area contributed by atoms with Gasteiger partial charge < -0.3 is 10.8 Å². The van der Waals surface area contributed by atoms with E-state index in [4.69, 9.17) is 10.8 Å². The lowest BCUT2D eigenvalue weighted by molar-refractivity contribution is -0.140. The van der Waals surface area contributed by atoms with E-state index in [0.717, 1.165) is 5.56 Å². The first-order valence-electron chi connectivity index (χ1n) is 5.61. The van der Waals surface area contributed by atoms with Gasteiger partial charge in [0, 0.05) is 11.6 Å². The van der Waals surface area contributed by atoms with Crippen LogP contribution in [0.15, 0.2) is 12.4 Å². The molecule has 0 amide bonds. The standard InChI is InChI=1S/C12H21N3O2/c1-11(2,3)15-7-8(6-14-15)12(4,5)9(13)10(16)17/h6-7,9H,13H2,1-5H3,(H,16,17). The maximum Gasteiger partial charge on any atom is 0.321 e. The Morgan fingerprint density at radius 3 is 2.29 bits per heavy atom. The minimum absolute atomic E-state index is 0.123. The van der Waals surface area contributed by atoms with Gasteiger partial charge in [-0.25, -0.2) is 0 Å². The number of carboxylic acids is 1. The molecule has 0 fully saturated rings. The van der Waals surface area contributed by atoms with Gasteiger partial charge in [-0.2, -0.15) is 5.10 Å². The summed E-state index contributed by atoms with van der Waals surface area (Å²) in [5.41, 5.74) is 5.78. The predicted octanol–water partition coefficient (Wildman–Crippen LogP) is 1.33. The zero-order chi connectivity index (χ0) is 13.4. The van der Waals surface area contributed by atoms with Crippen LogP contribution in [0.5, 0.6) is 0 Å². The summed E-state index contributed by atoms with van der Waals surface area (Å²) in [5.74, 6) is -1.00. The van der Waals surface area contributed by atoms with Gasteiger partial charge >= 0.3 is 5.97 Å². The molecule has 5 heteroatoms. The lowest BCUT2D eigenvalue weighted by atomic mass is 9.80. The van der Waals surface area contributed by atoms with Crippen molar-refractivity contribution in [1.29, 1.82) is 0 Å². The molecule has 0 aliphatic carbocycles. The summed E-state index contributed by atoms with van der Waals surface area (Å²) in [6, 6.07) is -0.944. The van der Waals surface area contributed by atoms with Crippen LogP contribution in [0, 0.1) is 0 Å². The third-order valence-electron chi connectivity index (χ3n) is 3.06. The lowest BCUT2D eigenvalue weighted by Gasteiger charge is -2.27. The second-order valence-corrected chi connectivity index (χ2v) is 5.88. The fourth-order valence-corrected chi connectivity index (χ4v) is 1.51. The molecule has 0 spiro atoms. The van der Waals surface area contributed by atoms with Crippen LogP contribution in [0.3, 0.4) is 0 Å². The van der Waals surface area contributed by atoms with Gasteiger partial charge in [0.1, 0.15) is 6.04 Å². The van der Waals surface area contributed by atoms with E-state index < -0.39 is 17.4 Å². The number of carboxylic acid groups (broad SMARTS) is 1. The summed E-state index contributed by atoms with van der Waals surface area (Å²) in [6.45, 7) is 9.74. The highest BCUT2D eigenvalue weighted by Gasteiger charge is 2.35. The van der Waals surface area contributed by atoms with Gasteiger partial charge in [0.15, 0.2) is 0 Å². The van der Waals surface area contributed by atoms with Crippen LogP contribution >= 0.6 is 0 Å². The van der Waals surface area contributed by atoms with E-state index in [1.807, 2.05) is 45.5 Å². The maximum absolute atomic E-state index is 11.0. The molecule has 96 valence electrons. The van der Waals surface area contributed by atoms with E-state index in [9.17, 15) is 4.79 Å². The van der Waals surface area contributed by atoms with Crippen molar-refractivity contribution in [3.8, 4) is 0 Å². The smallest absolute Gasteiger partial charge is 0.321 e. The number of nitrogens with two attached hydrogens (primary N) is 1. The minimum atomic E-state index is -1.00. The Labute approximate surface area is 102 Å². The van der Waals surface area contributed by atoms with Crippen molar-refractivity contribution in [2.24, 2.45) is 5.73 Å². The fraction of sp³-hybridized carbons (Fsp3) is 0.667. The number of nitrogens with zero attached hydrogens (tertiary/aromatic N) is 2. The molecule has 1 aromatic rings. The van der Waals surface area contributed by atoms with E-state index in [1.54, 1.807) is 6.20 Å². The molecule has 0 saturated carbocycles. The first-order valence-corrected chi connectivity index (χ1v) is 5.61. The number of carbonyl (C=O) groups is 1. The molecule has 1 rings (SSSR count). The SMILES string of the molecule is CC(C)(c1cnn(C(C)(C)C)c1)C(N)C(=O)O. The van der Waals surface area contributed by atoms with Crippen molar-refractivity contribution in [2.75, 3.05) is 0 Å². The third kappa shape index (κ3) is 2.66. The third-order valence-corrected chi connectivity index (χ3v) is 3.06. The summed E-state index contributed by atoms with van der Waals surface area (Å²) >= 11 is 0. The van der Waals surface area contributed by atoms with Crippen molar-refractivity contribution < 1.29 is 9.90 Å². The molecule has 1 aromatic heterocycles. The van der Waals surface area contributed by atoms with E-state index in [1.165, 1.54) is 0 Å². The largest absolute Gasteiger partial charge is 0.480 e. The fourth-order valence-electron chi connectivity index (χ4n) is 1.51. The van der Waals surface area contributed by atoms with E-state index in [2.05, 4.69) is 5.10 Å². The monoisotopic (exact) mass is 239 g/mol. The highest BCUT2D eigenvalue weighted by Crippen LogP contribution is 2.27. The molecule has 0 bridgehead atoms. The molecule has 0 aliphatic heterocycles. The average Bonchev–Trinajstić information content (AvgIpc) is 2.64. The normalized spacial score (nSPS) is 14.7. The summed E-state index contributed by atoms with van der Waals surface area (Å²) in [6.07, 6.45) is 3.55. The first-order chi connectivity index (χ1) is 7.56. The van der Waals surface area contributed by atoms with Crippen molar-refractivity contribution in [1.82, 2.24) is 9.78 Å². The minimum Gasteiger partial charge on any atom is -0.480 e. The van der Waals surface area contributed by atoms with Crippen LogP contribution in [0.1, 0.15) is 40.2 Å². The van der Waals surface area contributed by atoms with Gasteiger partial charge in [-0.3, -0.25) is 9.48 Å². The molecule has 1 unspecified atom stereocenters. The van der Waals surface area contributed by atoms with Crippen molar-refractivity contribution >= 4 is 5.97 Å². The van der Waals surface area contributed by atoms with Crippen molar-refractivity contribution in [3.63, 3.8) is 0 Å². The van der Waals surface area contributed by atoms with Crippen LogP contribution in [0.2, 0.25) is 0 Å². The number of aliphatic carboxylic acids is 1. The molecule has 0 aliphatic rings. The van der Waals surface area contributed by atoms with E-state index >= 15 is 0 Å². The van der Waals surface area contributed by atoms with Crippen LogP contribution in [-0.2, 0) is 15.7 Å². The van der Waals surface area contributed by atoms with Crippen LogP contribution in [-0.4, -0.2) is 26.9 Å². The zero-order valence-corrected chi connectivity index (χ0v) is 11.1. The molecule has 1 heterocycles. The van der Waals surface area contributed by atoms with Gasteiger partial charge in [-0.05, 0) is 26.3 Å². The maximum atomic E-state index is 11.0. The van der Waals surface area contributed by atoms with Gasteiger partial charge in [-0.1, -0.05) is 13.8 Å². The molecule has 1 atom stereocenters. The topological polar surface area (TPSA) is 81.1 Å². The summed E-state index contributed by atoms with van der Waals surface area (Å²) < 4.78 is 1.82. The first kappa shape index (κ1) is 13.7. The number of hydrogen-bond acceptors (Lipinski definition) is 3. The Bertz CT molecular complexity index is 416. The second-order valence-electron chi connectivity index (χ2n) is 5.88. The zero-order valence-electron chi connectivity index (χ0n) is 11.1. The quantitative estimate of drug-likeness (QED) is 0.833. The van der Waals surface area contributed by atoms with Crippen LogP contribution in [0.4, 0.5) is 0 Å². The molecule has 5 nitrogen and oxygen atoms in total. The van der Waals surface area contributed by atoms with E-state index in [-0.39, 0.29) is 5.54 Å². The number of aromatic nitrogens is 2. The molecular formula is C12H21N3O2. The van der Waals surface area contributed by atoms with Gasteiger partial charge in [0.2, 0.25) is 0 Å². The molecule has 0 saturated heterocycles. The number of hydrogen-bond donors (Lipinski definition) is 2. The Morgan fingerprint density at radius 2 is 1.94 bits per heavy atom. The van der Waals surface area contributed by atoms with Crippen LogP contribution in [0.25, 0.3) is 0 Å². The molecule has 0 radical (unpaired) electrons. The van der Waals surface area contributed by atoms with Crippen LogP contribution < -0.4 is 5.73 Å². The predicted molar refractivity (Wildman–Crippen MR) is 65.9 cm³/mol. The van der Waals surface area contributed by atoms with Crippen molar-refractivity contribution in [2.45, 2.75) is 51.6 Å². The highest BCUT2D eigenvalue weighted by molar-refractivity contribution is 5.75. The lowest BCUT2D eigenvalue weighted by Crippen LogP contribution is -2.46. The van der Waals surface area contributed by atoms with E-state index in [0.29, 0.717) is 0 Å². The van der Waals surface area contributed by atoms with Gasteiger partial charge in [0.05, 0.1) is 11.7 Å². The average molecular weight is 239 g/mol. The molecule has 0 aromatic carbocycles. The van der Waals surface area contributed by atoms with Crippen molar-refractivity contribution in [3.05, 3.63) is 18.0 Å². The molecule has 3 N–H and O–H groups in total.